The maximum atomic E-state index is 13.2. The molecule has 0 bridgehead atoms. The Bertz CT molecular complexity index is 1480. The first-order valence-electron chi connectivity index (χ1n) is 12.9. The monoisotopic (exact) mass is 622 g/mol. The highest BCUT2D eigenvalue weighted by molar-refractivity contribution is 6.37. The number of ether oxygens (including phenoxy) is 2. The number of oxime groups is 2. The van der Waals surface area contributed by atoms with Crippen LogP contribution in [0.3, 0.4) is 0 Å². The zero-order chi connectivity index (χ0) is 32.3. The molecule has 0 aliphatic rings. The lowest BCUT2D eigenvalue weighted by molar-refractivity contribution is -0.143. The van der Waals surface area contributed by atoms with Crippen LogP contribution in [0.25, 0.3) is 5.57 Å². The summed E-state index contributed by atoms with van der Waals surface area (Å²) in [6.07, 6.45) is -7.10. The van der Waals surface area contributed by atoms with Crippen LogP contribution in [0.4, 0.5) is 26.3 Å². The quantitative estimate of drug-likeness (QED) is 0.0532. The van der Waals surface area contributed by atoms with E-state index in [0.29, 0.717) is 22.3 Å². The Morgan fingerprint density at radius 1 is 0.818 bits per heavy atom. The normalized spacial score (nSPS) is 12.8. The molecule has 0 saturated heterocycles. The van der Waals surface area contributed by atoms with Crippen molar-refractivity contribution in [2.75, 3.05) is 21.3 Å². The molecule has 0 amide bonds. The fourth-order valence-electron chi connectivity index (χ4n) is 4.10. The average molecular weight is 623 g/mol. The molecular formula is C31H28F6N2O5. The lowest BCUT2D eigenvalue weighted by atomic mass is 9.98. The van der Waals surface area contributed by atoms with E-state index in [0.717, 1.165) is 12.1 Å². The Morgan fingerprint density at radius 2 is 1.43 bits per heavy atom. The van der Waals surface area contributed by atoms with Gasteiger partial charge in [-0.3, -0.25) is 0 Å². The van der Waals surface area contributed by atoms with E-state index in [9.17, 15) is 31.1 Å². The van der Waals surface area contributed by atoms with Crippen LogP contribution in [0, 0.1) is 0 Å². The highest BCUT2D eigenvalue weighted by Gasteiger charge is 2.36. The van der Waals surface area contributed by atoms with Crippen LogP contribution < -0.4 is 0 Å². The van der Waals surface area contributed by atoms with E-state index in [1.807, 2.05) is 0 Å². The molecule has 3 aromatic rings. The Kier molecular flexibility index (Phi) is 11.5. The molecule has 0 saturated carbocycles. The standard InChI is InChI=1S/C31H28F6N2O5/c1-41-19-27(29(40)42-2)26-7-5-4-6-23(26)18-44-38-17-28(39-43-3)22-12-10-20(11-13-22)8-9-21-14-24(30(32,33)34)16-25(15-21)31(35,36)37/h4-7,10-17,19H,8-9,18H2,1-3H3. The van der Waals surface area contributed by atoms with E-state index in [1.54, 1.807) is 48.5 Å². The first-order valence-corrected chi connectivity index (χ1v) is 12.9. The molecule has 0 heterocycles. The minimum Gasteiger partial charge on any atom is -0.503 e. The van der Waals surface area contributed by atoms with Crippen molar-refractivity contribution in [3.63, 3.8) is 0 Å². The molecular weight excluding hydrogens is 594 g/mol. The van der Waals surface area contributed by atoms with Crippen molar-refractivity contribution in [1.82, 2.24) is 0 Å². The lowest BCUT2D eigenvalue weighted by Crippen LogP contribution is -2.12. The fraction of sp³-hybridized carbons (Fsp3) is 0.258. The van der Waals surface area contributed by atoms with E-state index >= 15 is 0 Å². The second-order valence-corrected chi connectivity index (χ2v) is 9.19. The molecule has 3 rings (SSSR count). The average Bonchev–Trinajstić information content (AvgIpc) is 2.99. The molecule has 0 N–H and O–H groups in total. The smallest absolute Gasteiger partial charge is 0.416 e. The Balaban J connectivity index is 1.70. The number of esters is 1. The van der Waals surface area contributed by atoms with Gasteiger partial charge in [0.25, 0.3) is 0 Å². The maximum Gasteiger partial charge on any atom is 0.416 e. The first kappa shape index (κ1) is 33.7. The van der Waals surface area contributed by atoms with Gasteiger partial charge in [-0.15, -0.1) is 0 Å². The van der Waals surface area contributed by atoms with Gasteiger partial charge < -0.3 is 19.1 Å². The van der Waals surface area contributed by atoms with E-state index < -0.39 is 29.4 Å². The SMILES string of the molecule is COC=C(C(=O)OC)c1ccccc1CON=CC(=NOC)c1ccc(CCc2cc(C(F)(F)F)cc(C(F)(F)F)c2)cc1. The van der Waals surface area contributed by atoms with Crippen molar-refractivity contribution >= 4 is 23.5 Å². The van der Waals surface area contributed by atoms with Crippen molar-refractivity contribution in [3.8, 4) is 0 Å². The summed E-state index contributed by atoms with van der Waals surface area (Å²) in [5.74, 6) is -0.596. The summed E-state index contributed by atoms with van der Waals surface area (Å²) in [6.45, 7) is -0.0183. The van der Waals surface area contributed by atoms with Gasteiger partial charge in [0.2, 0.25) is 0 Å². The van der Waals surface area contributed by atoms with Gasteiger partial charge in [-0.05, 0) is 47.7 Å². The molecule has 0 fully saturated rings. The summed E-state index contributed by atoms with van der Waals surface area (Å²) < 4.78 is 88.8. The molecule has 0 aliphatic heterocycles. The number of carbonyl (C=O) groups is 1. The summed E-state index contributed by atoms with van der Waals surface area (Å²) in [5.41, 5.74) is 0.0542. The highest BCUT2D eigenvalue weighted by Crippen LogP contribution is 2.36. The summed E-state index contributed by atoms with van der Waals surface area (Å²) in [7, 11) is 3.99. The largest absolute Gasteiger partial charge is 0.503 e. The predicted octanol–water partition coefficient (Wildman–Crippen LogP) is 7.22. The lowest BCUT2D eigenvalue weighted by Gasteiger charge is -2.14. The highest BCUT2D eigenvalue weighted by atomic mass is 19.4. The second-order valence-electron chi connectivity index (χ2n) is 9.19. The molecule has 13 heteroatoms. The molecule has 0 aromatic heterocycles. The van der Waals surface area contributed by atoms with Gasteiger partial charge >= 0.3 is 18.3 Å². The van der Waals surface area contributed by atoms with Gasteiger partial charge in [0.15, 0.2) is 0 Å². The van der Waals surface area contributed by atoms with Gasteiger partial charge in [0.05, 0.1) is 37.8 Å². The number of methoxy groups -OCH3 is 2. The van der Waals surface area contributed by atoms with Crippen LogP contribution in [-0.4, -0.2) is 39.2 Å². The number of halogens is 6. The number of rotatable bonds is 12. The van der Waals surface area contributed by atoms with Gasteiger partial charge in [-0.2, -0.15) is 26.3 Å². The van der Waals surface area contributed by atoms with Crippen LogP contribution in [0.2, 0.25) is 0 Å². The molecule has 3 aromatic carbocycles. The minimum atomic E-state index is -4.91. The minimum absolute atomic E-state index is 0.0183. The van der Waals surface area contributed by atoms with E-state index in [-0.39, 0.29) is 42.4 Å². The van der Waals surface area contributed by atoms with Crippen LogP contribution in [-0.2, 0) is 55.7 Å². The van der Waals surface area contributed by atoms with Crippen molar-refractivity contribution in [2.45, 2.75) is 31.8 Å². The van der Waals surface area contributed by atoms with Crippen molar-refractivity contribution in [3.05, 3.63) is 112 Å². The molecule has 234 valence electrons. The van der Waals surface area contributed by atoms with Crippen molar-refractivity contribution in [1.29, 1.82) is 0 Å². The van der Waals surface area contributed by atoms with Gasteiger partial charge in [-0.25, -0.2) is 4.79 Å². The van der Waals surface area contributed by atoms with Gasteiger partial charge in [0, 0.05) is 11.1 Å². The predicted molar refractivity (Wildman–Crippen MR) is 151 cm³/mol. The third-order valence-electron chi connectivity index (χ3n) is 6.21. The maximum absolute atomic E-state index is 13.2. The summed E-state index contributed by atoms with van der Waals surface area (Å²) >= 11 is 0. The number of hydrogen-bond acceptors (Lipinski definition) is 7. The van der Waals surface area contributed by atoms with Gasteiger partial charge in [-0.1, -0.05) is 58.8 Å². The Morgan fingerprint density at radius 3 is 2.00 bits per heavy atom. The molecule has 0 atom stereocenters. The number of alkyl halides is 6. The summed E-state index contributed by atoms with van der Waals surface area (Å²) in [4.78, 5) is 22.5. The second kappa shape index (κ2) is 15.1. The number of benzene rings is 3. The van der Waals surface area contributed by atoms with Gasteiger partial charge in [0.1, 0.15) is 25.0 Å². The Hall–Kier alpha value is -4.81. The van der Waals surface area contributed by atoms with E-state index in [4.69, 9.17) is 19.1 Å². The zero-order valence-corrected chi connectivity index (χ0v) is 23.8. The zero-order valence-electron chi connectivity index (χ0n) is 23.8. The number of aryl methyl sites for hydroxylation is 2. The molecule has 0 radical (unpaired) electrons. The summed E-state index contributed by atoms with van der Waals surface area (Å²) in [5, 5.41) is 7.86. The number of hydrogen-bond donors (Lipinski definition) is 0. The molecule has 7 nitrogen and oxygen atoms in total. The number of nitrogens with zero attached hydrogens (tertiary/aromatic N) is 2. The third-order valence-corrected chi connectivity index (χ3v) is 6.21. The molecule has 0 spiro atoms. The third kappa shape index (κ3) is 9.35. The Labute approximate surface area is 249 Å². The summed E-state index contributed by atoms with van der Waals surface area (Å²) in [6, 6.07) is 15.1. The van der Waals surface area contributed by atoms with Crippen LogP contribution in [0.15, 0.2) is 83.3 Å². The van der Waals surface area contributed by atoms with Crippen LogP contribution in [0.5, 0.6) is 0 Å². The molecule has 44 heavy (non-hydrogen) atoms. The number of carbonyl (C=O) groups excluding carboxylic acids is 1. The van der Waals surface area contributed by atoms with Crippen LogP contribution >= 0.6 is 0 Å². The molecule has 0 aliphatic carbocycles. The molecule has 0 unspecified atom stereocenters. The fourth-order valence-corrected chi connectivity index (χ4v) is 4.10. The van der Waals surface area contributed by atoms with E-state index in [2.05, 4.69) is 10.3 Å². The van der Waals surface area contributed by atoms with Crippen LogP contribution in [0.1, 0.15) is 38.9 Å². The van der Waals surface area contributed by atoms with Crippen molar-refractivity contribution in [2.24, 2.45) is 10.3 Å². The van der Waals surface area contributed by atoms with Crippen molar-refractivity contribution < 1.29 is 50.3 Å². The topological polar surface area (TPSA) is 78.7 Å². The first-order chi connectivity index (χ1) is 20.9. The van der Waals surface area contributed by atoms with E-state index in [1.165, 1.54) is 33.8 Å².